The number of rotatable bonds is 0. The van der Waals surface area contributed by atoms with Crippen LogP contribution in [0.2, 0.25) is 0 Å². The molecule has 0 aromatic heterocycles. The van der Waals surface area contributed by atoms with Gasteiger partial charge in [-0.05, 0) is 0 Å². The van der Waals surface area contributed by atoms with Crippen LogP contribution < -0.4 is 0 Å². The summed E-state index contributed by atoms with van der Waals surface area (Å²) in [6, 6.07) is 0. The molecule has 0 unspecified atom stereocenters. The van der Waals surface area contributed by atoms with Crippen molar-refractivity contribution in [2.24, 2.45) is 0 Å². The molecule has 0 saturated carbocycles. The molecule has 10 heavy (non-hydrogen) atoms. The molecule has 0 radical (unpaired) electrons. The Morgan fingerprint density at radius 3 is 0.800 bits per heavy atom. The van der Waals surface area contributed by atoms with Gasteiger partial charge in [0, 0.05) is 0 Å². The smallest absolute Gasteiger partial charge is 4.00 e. The minimum Gasteiger partial charge on any atom is 4.00 e. The molecule has 0 amide bonds. The zero-order valence-electron chi connectivity index (χ0n) is 4.41. The van der Waals surface area contributed by atoms with Gasteiger partial charge in [0.25, 0.3) is 0 Å². The van der Waals surface area contributed by atoms with E-state index < -0.39 is 13.6 Å². The molecule has 0 atom stereocenters. The first-order chi connectivity index (χ1) is 2.00. The van der Waals surface area contributed by atoms with Gasteiger partial charge in [0.05, 0.1) is 0 Å². The van der Waals surface area contributed by atoms with Gasteiger partial charge < -0.3 is 21.9 Å². The van der Waals surface area contributed by atoms with Crippen molar-refractivity contribution in [3.63, 3.8) is 0 Å². The third-order valence-electron chi connectivity index (χ3n) is 0. The van der Waals surface area contributed by atoms with Gasteiger partial charge in [-0.3, -0.25) is 0 Å². The van der Waals surface area contributed by atoms with E-state index in [9.17, 15) is 0 Å². The van der Waals surface area contributed by atoms with E-state index >= 15 is 0 Å². The van der Waals surface area contributed by atoms with Crippen molar-refractivity contribution in [2.45, 2.75) is 0 Å². The fourth-order valence-electron chi connectivity index (χ4n) is 0. The molecule has 0 aliphatic carbocycles. The van der Waals surface area contributed by atoms with Crippen molar-refractivity contribution in [3.8, 4) is 0 Å². The second-order valence-corrected chi connectivity index (χ2v) is 1.85. The molecule has 0 aromatic rings. The Morgan fingerprint density at radius 2 is 0.800 bits per heavy atom. The first-order valence-electron chi connectivity index (χ1n) is 0.698. The maximum absolute atomic E-state index is 8.82. The van der Waals surface area contributed by atoms with E-state index in [-0.39, 0.29) is 43.6 Å². The van der Waals surface area contributed by atoms with E-state index in [2.05, 4.69) is 0 Å². The molecule has 0 spiro atoms. The summed E-state index contributed by atoms with van der Waals surface area (Å²) in [7, 11) is 0. The van der Waals surface area contributed by atoms with Crippen LogP contribution in [0.5, 0.6) is 0 Å². The second kappa shape index (κ2) is 16.3. The van der Waals surface area contributed by atoms with Crippen LogP contribution in [0.1, 0.15) is 0 Å². The standard InChI is InChI=1S/Cr.6H2O.2O.Ti/h;6*1H2;;;/q+2;;;;;;;;;+4/p-6. The quantitative estimate of drug-likeness (QED) is 0.445. The topological polar surface area (TPSA) is 195 Å². The van der Waals surface area contributed by atoms with Gasteiger partial charge in [0.2, 0.25) is 0 Å². The number of hydrogen-bond acceptors (Lipinski definition) is 6. The fraction of sp³-hybridized carbons (Fsp3) is 0. The van der Waals surface area contributed by atoms with Crippen LogP contribution in [0.15, 0.2) is 0 Å². The average Bonchev–Trinajstić information content (AvgIpc) is 0.722. The molecule has 0 heterocycles. The van der Waals surface area contributed by atoms with Gasteiger partial charge in [-0.2, -0.15) is 0 Å². The van der Waals surface area contributed by atoms with Crippen LogP contribution in [0, 0.1) is 0 Å². The summed E-state index contributed by atoms with van der Waals surface area (Å²) in [5, 5.41) is 0. The summed E-state index contributed by atoms with van der Waals surface area (Å²) in [4.78, 5) is 0. The van der Waals surface area contributed by atoms with E-state index in [1.165, 1.54) is 0 Å². The summed E-state index contributed by atoms with van der Waals surface area (Å²) in [6.45, 7) is 0. The van der Waals surface area contributed by atoms with Crippen molar-refractivity contribution >= 4 is 0 Å². The van der Waals surface area contributed by atoms with Crippen molar-refractivity contribution in [1.82, 2.24) is 0 Å². The van der Waals surface area contributed by atoms with E-state index in [4.69, 9.17) is 15.9 Å². The Bertz CT molecular complexity index is 92.4. The molecule has 0 saturated heterocycles. The largest absolute Gasteiger partial charge is 4.00 e. The molecule has 0 rings (SSSR count). The zero-order chi connectivity index (χ0) is 4.50. The predicted octanol–water partition coefficient (Wildman–Crippen LogP) is -2.06. The monoisotopic (exact) mass is 234 g/mol. The van der Waals surface area contributed by atoms with E-state index in [0.717, 1.165) is 0 Å². The maximum atomic E-state index is 8.82. The molecule has 0 aliphatic heterocycles. The number of hydrogen-bond donors (Lipinski definition) is 2. The second-order valence-electron chi connectivity index (χ2n) is 0.448. The third-order valence-corrected chi connectivity index (χ3v) is 0. The van der Waals surface area contributed by atoms with Crippen LogP contribution in [0.4, 0.5) is 0 Å². The summed E-state index contributed by atoms with van der Waals surface area (Å²) < 4.78 is 31.9. The molecule has 6 N–H and O–H groups in total. The minimum atomic E-state index is -5.25. The Morgan fingerprint density at radius 1 is 0.800 bits per heavy atom. The van der Waals surface area contributed by atoms with E-state index in [0.29, 0.717) is 0 Å². The molecule has 0 fully saturated rings. The van der Waals surface area contributed by atoms with Gasteiger partial charge >= 0.3 is 51.3 Å². The molecule has 0 aromatic carbocycles. The summed E-state index contributed by atoms with van der Waals surface area (Å²) in [6.07, 6.45) is 0. The minimum absolute atomic E-state index is 0. The molecular weight excluding hydrogens is 228 g/mol. The van der Waals surface area contributed by atoms with Crippen LogP contribution in [-0.2, 0) is 42.9 Å². The van der Waals surface area contributed by atoms with Crippen LogP contribution >= 0.6 is 0 Å². The van der Waals surface area contributed by atoms with Gasteiger partial charge in [-0.1, -0.05) is 0 Å². The van der Waals surface area contributed by atoms with Crippen molar-refractivity contribution in [1.29, 1.82) is 0 Å². The normalized spacial score (nSPS) is 5.80. The Hall–Kier alpha value is 0.607. The molecule has 8 nitrogen and oxygen atoms in total. The molecule has 64 valence electrons. The molecular formula is H6CrO8Ti. The van der Waals surface area contributed by atoms with Crippen molar-refractivity contribution in [2.75, 3.05) is 0 Å². The van der Waals surface area contributed by atoms with Crippen molar-refractivity contribution < 1.29 is 73.2 Å². The van der Waals surface area contributed by atoms with E-state index in [1.54, 1.807) is 0 Å². The van der Waals surface area contributed by atoms with Crippen molar-refractivity contribution in [3.05, 3.63) is 0 Å². The SMILES string of the molecule is [OH-].[OH-].[OH-].[OH-].[O]=[Cr](=[O])([OH])[OH].[Ti+4]. The van der Waals surface area contributed by atoms with Gasteiger partial charge in [-0.25, -0.2) is 0 Å². The van der Waals surface area contributed by atoms with E-state index in [1.807, 2.05) is 0 Å². The molecule has 10 heteroatoms. The average molecular weight is 234 g/mol. The van der Waals surface area contributed by atoms with Crippen LogP contribution in [0.3, 0.4) is 0 Å². The van der Waals surface area contributed by atoms with Gasteiger partial charge in [0.1, 0.15) is 0 Å². The molecule has 0 aliphatic rings. The summed E-state index contributed by atoms with van der Waals surface area (Å²) in [5.41, 5.74) is 0. The Kier molecular flexibility index (Phi) is 75.2. The Labute approximate surface area is 73.4 Å². The Balaban J connectivity index is -0.00000000800. The maximum Gasteiger partial charge on any atom is 4.00 e. The third kappa shape index (κ3) is 1350. The molecule has 0 bridgehead atoms. The van der Waals surface area contributed by atoms with Crippen LogP contribution in [-0.4, -0.2) is 30.2 Å². The fourth-order valence-corrected chi connectivity index (χ4v) is 0. The van der Waals surface area contributed by atoms with Gasteiger partial charge in [-0.15, -0.1) is 0 Å². The van der Waals surface area contributed by atoms with Crippen LogP contribution in [0.25, 0.3) is 0 Å². The van der Waals surface area contributed by atoms with Gasteiger partial charge in [0.15, 0.2) is 0 Å². The summed E-state index contributed by atoms with van der Waals surface area (Å²) in [5.74, 6) is 0. The summed E-state index contributed by atoms with van der Waals surface area (Å²) >= 11 is -5.25. The zero-order valence-corrected chi connectivity index (χ0v) is 7.24. The predicted molar refractivity (Wildman–Crippen MR) is 13.6 cm³/mol. The first kappa shape index (κ1) is 46.1. The first-order valence-corrected chi connectivity index (χ1v) is 2.88.